The van der Waals surface area contributed by atoms with Gasteiger partial charge >= 0.3 is 0 Å². The Balaban J connectivity index is 1.74. The van der Waals surface area contributed by atoms with Crippen LogP contribution in [0.3, 0.4) is 0 Å². The summed E-state index contributed by atoms with van der Waals surface area (Å²) >= 11 is 0. The molecule has 0 bridgehead atoms. The number of ether oxygens (including phenoxy) is 1. The lowest BCUT2D eigenvalue weighted by molar-refractivity contribution is 0.0529. The predicted molar refractivity (Wildman–Crippen MR) is 86.9 cm³/mol. The molecule has 1 saturated heterocycles. The number of amides is 1. The maximum Gasteiger partial charge on any atom is 0.257 e. The first-order valence-corrected chi connectivity index (χ1v) is 8.24. The van der Waals surface area contributed by atoms with Crippen LogP contribution in [0.2, 0.25) is 0 Å². The van der Waals surface area contributed by atoms with Crippen LogP contribution >= 0.6 is 0 Å². The van der Waals surface area contributed by atoms with E-state index in [1.165, 1.54) is 12.8 Å². The highest BCUT2D eigenvalue weighted by Gasteiger charge is 2.36. The summed E-state index contributed by atoms with van der Waals surface area (Å²) in [6.07, 6.45) is 3.34. The van der Waals surface area contributed by atoms with E-state index in [2.05, 4.69) is 13.8 Å². The Morgan fingerprint density at radius 1 is 1.32 bits per heavy atom. The molecule has 1 amide bonds. The number of piperidine rings is 1. The minimum absolute atomic E-state index is 0.0439. The maximum absolute atomic E-state index is 12.9. The third-order valence-corrected chi connectivity index (χ3v) is 4.89. The molecule has 2 N–H and O–H groups in total. The first-order chi connectivity index (χ1) is 10.5. The molecule has 2 fully saturated rings. The molecular formula is C18H26N2O2. The van der Waals surface area contributed by atoms with Gasteiger partial charge in [0.2, 0.25) is 0 Å². The second kappa shape index (κ2) is 5.92. The second-order valence-corrected chi connectivity index (χ2v) is 7.36. The van der Waals surface area contributed by atoms with Crippen molar-refractivity contribution in [1.29, 1.82) is 0 Å². The molecule has 120 valence electrons. The smallest absolute Gasteiger partial charge is 0.257 e. The molecule has 1 heterocycles. The molecule has 3 rings (SSSR count). The first-order valence-electron chi connectivity index (χ1n) is 8.24. The number of rotatable bonds is 4. The SMILES string of the molecule is CC1(C)CN(C(=O)c2ccccc2OCC2CC2)CCC1N. The summed E-state index contributed by atoms with van der Waals surface area (Å²) in [6.45, 7) is 6.41. The van der Waals surface area contributed by atoms with Gasteiger partial charge in [0.05, 0.1) is 12.2 Å². The number of nitrogens with two attached hydrogens (primary N) is 1. The monoisotopic (exact) mass is 302 g/mol. The predicted octanol–water partition coefficient (Wildman–Crippen LogP) is 2.67. The van der Waals surface area contributed by atoms with Crippen molar-refractivity contribution >= 4 is 5.91 Å². The van der Waals surface area contributed by atoms with E-state index >= 15 is 0 Å². The molecule has 1 aliphatic heterocycles. The average molecular weight is 302 g/mol. The summed E-state index contributed by atoms with van der Waals surface area (Å²) in [5.41, 5.74) is 6.80. The molecule has 4 nitrogen and oxygen atoms in total. The van der Waals surface area contributed by atoms with Crippen molar-refractivity contribution in [2.24, 2.45) is 17.1 Å². The highest BCUT2D eigenvalue weighted by molar-refractivity contribution is 5.97. The van der Waals surface area contributed by atoms with Crippen molar-refractivity contribution in [2.45, 2.75) is 39.2 Å². The van der Waals surface area contributed by atoms with Gasteiger partial charge in [-0.15, -0.1) is 0 Å². The first kappa shape index (κ1) is 15.3. The van der Waals surface area contributed by atoms with Gasteiger partial charge in [-0.25, -0.2) is 0 Å². The standard InChI is InChI=1S/C18H26N2O2/c1-18(2)12-20(10-9-16(18)19)17(21)14-5-3-4-6-15(14)22-11-13-7-8-13/h3-6,13,16H,7-12,19H2,1-2H3. The van der Waals surface area contributed by atoms with Crippen LogP contribution in [-0.4, -0.2) is 36.5 Å². The Kier molecular flexibility index (Phi) is 4.13. The van der Waals surface area contributed by atoms with Gasteiger partial charge in [0.1, 0.15) is 5.75 Å². The van der Waals surface area contributed by atoms with E-state index in [0.717, 1.165) is 19.6 Å². The summed E-state index contributed by atoms with van der Waals surface area (Å²) in [6, 6.07) is 7.74. The number of likely N-dealkylation sites (tertiary alicyclic amines) is 1. The summed E-state index contributed by atoms with van der Waals surface area (Å²) in [5.74, 6) is 1.45. The van der Waals surface area contributed by atoms with Gasteiger partial charge in [0.25, 0.3) is 5.91 Å². The van der Waals surface area contributed by atoms with Crippen LogP contribution in [0, 0.1) is 11.3 Å². The number of benzene rings is 1. The van der Waals surface area contributed by atoms with Crippen molar-refractivity contribution in [3.8, 4) is 5.75 Å². The van der Waals surface area contributed by atoms with E-state index in [1.807, 2.05) is 29.2 Å². The number of para-hydroxylation sites is 1. The number of nitrogens with zero attached hydrogens (tertiary/aromatic N) is 1. The fourth-order valence-corrected chi connectivity index (χ4v) is 2.98. The van der Waals surface area contributed by atoms with Gasteiger partial charge in [-0.05, 0) is 42.7 Å². The van der Waals surface area contributed by atoms with Crippen LogP contribution < -0.4 is 10.5 Å². The topological polar surface area (TPSA) is 55.6 Å². The lowest BCUT2D eigenvalue weighted by Gasteiger charge is -2.42. The number of carbonyl (C=O) groups is 1. The van der Waals surface area contributed by atoms with Crippen LogP contribution in [0.15, 0.2) is 24.3 Å². The fourth-order valence-electron chi connectivity index (χ4n) is 2.98. The molecule has 1 aromatic carbocycles. The quantitative estimate of drug-likeness (QED) is 0.930. The minimum Gasteiger partial charge on any atom is -0.492 e. The van der Waals surface area contributed by atoms with E-state index in [4.69, 9.17) is 10.5 Å². The van der Waals surface area contributed by atoms with Crippen molar-refractivity contribution in [3.05, 3.63) is 29.8 Å². The molecule has 1 unspecified atom stereocenters. The molecule has 2 aliphatic rings. The van der Waals surface area contributed by atoms with Gasteiger partial charge < -0.3 is 15.4 Å². The molecule has 1 atom stereocenters. The summed E-state index contributed by atoms with van der Waals surface area (Å²) in [4.78, 5) is 14.8. The molecule has 22 heavy (non-hydrogen) atoms. The molecule has 0 spiro atoms. The number of carbonyl (C=O) groups excluding carboxylic acids is 1. The van der Waals surface area contributed by atoms with E-state index < -0.39 is 0 Å². The Bertz CT molecular complexity index is 552. The fraction of sp³-hybridized carbons (Fsp3) is 0.611. The van der Waals surface area contributed by atoms with E-state index in [9.17, 15) is 4.79 Å². The Labute approximate surface area is 132 Å². The molecule has 0 aromatic heterocycles. The van der Waals surface area contributed by atoms with Gasteiger partial charge in [0.15, 0.2) is 0 Å². The lowest BCUT2D eigenvalue weighted by Crippen LogP contribution is -2.54. The zero-order valence-electron chi connectivity index (χ0n) is 13.5. The zero-order chi connectivity index (χ0) is 15.7. The summed E-state index contributed by atoms with van der Waals surface area (Å²) in [7, 11) is 0. The number of hydrogen-bond acceptors (Lipinski definition) is 3. The van der Waals surface area contributed by atoms with Crippen LogP contribution in [-0.2, 0) is 0 Å². The molecule has 0 radical (unpaired) electrons. The normalized spacial score (nSPS) is 24.1. The molecule has 1 saturated carbocycles. The van der Waals surface area contributed by atoms with Gasteiger partial charge in [-0.3, -0.25) is 4.79 Å². The van der Waals surface area contributed by atoms with E-state index in [1.54, 1.807) is 0 Å². The van der Waals surface area contributed by atoms with Crippen LogP contribution in [0.1, 0.15) is 43.5 Å². The van der Waals surface area contributed by atoms with Crippen LogP contribution in [0.4, 0.5) is 0 Å². The highest BCUT2D eigenvalue weighted by Crippen LogP contribution is 2.32. The van der Waals surface area contributed by atoms with Gasteiger partial charge in [0, 0.05) is 19.1 Å². The second-order valence-electron chi connectivity index (χ2n) is 7.36. The Hall–Kier alpha value is -1.55. The third kappa shape index (κ3) is 3.27. The van der Waals surface area contributed by atoms with Crippen LogP contribution in [0.25, 0.3) is 0 Å². The van der Waals surface area contributed by atoms with Crippen LogP contribution in [0.5, 0.6) is 5.75 Å². The maximum atomic E-state index is 12.9. The van der Waals surface area contributed by atoms with Crippen molar-refractivity contribution in [1.82, 2.24) is 4.90 Å². The third-order valence-electron chi connectivity index (χ3n) is 4.89. The molecule has 1 aliphatic carbocycles. The van der Waals surface area contributed by atoms with Crippen molar-refractivity contribution in [2.75, 3.05) is 19.7 Å². The van der Waals surface area contributed by atoms with Crippen molar-refractivity contribution in [3.63, 3.8) is 0 Å². The highest BCUT2D eigenvalue weighted by atomic mass is 16.5. The lowest BCUT2D eigenvalue weighted by atomic mass is 9.79. The number of hydrogen-bond donors (Lipinski definition) is 1. The Morgan fingerprint density at radius 3 is 2.73 bits per heavy atom. The molecule has 1 aromatic rings. The van der Waals surface area contributed by atoms with Gasteiger partial charge in [-0.2, -0.15) is 0 Å². The summed E-state index contributed by atoms with van der Waals surface area (Å²) < 4.78 is 5.87. The largest absolute Gasteiger partial charge is 0.492 e. The van der Waals surface area contributed by atoms with Gasteiger partial charge in [-0.1, -0.05) is 26.0 Å². The van der Waals surface area contributed by atoms with E-state index in [-0.39, 0.29) is 17.4 Å². The average Bonchev–Trinajstić information content (AvgIpc) is 3.32. The minimum atomic E-state index is -0.0439. The van der Waals surface area contributed by atoms with Crippen molar-refractivity contribution < 1.29 is 9.53 Å². The summed E-state index contributed by atoms with van der Waals surface area (Å²) in [5, 5.41) is 0. The Morgan fingerprint density at radius 2 is 2.05 bits per heavy atom. The molecular weight excluding hydrogens is 276 g/mol. The molecule has 4 heteroatoms. The zero-order valence-corrected chi connectivity index (χ0v) is 13.5. The van der Waals surface area contributed by atoms with E-state index in [0.29, 0.717) is 23.8 Å².